The molecule has 20 heavy (non-hydrogen) atoms. The molecule has 2 aliphatic rings. The van der Waals surface area contributed by atoms with Gasteiger partial charge in [0.15, 0.2) is 0 Å². The summed E-state index contributed by atoms with van der Waals surface area (Å²) in [7, 11) is 2.04. The summed E-state index contributed by atoms with van der Waals surface area (Å²) >= 11 is 0. The molecule has 1 heterocycles. The Morgan fingerprint density at radius 2 is 2.05 bits per heavy atom. The maximum Gasteiger partial charge on any atom is 0.119 e. The third-order valence-corrected chi connectivity index (χ3v) is 4.26. The van der Waals surface area contributed by atoms with Gasteiger partial charge in [-0.15, -0.1) is 0 Å². The lowest BCUT2D eigenvalue weighted by molar-refractivity contribution is 0.0998. The molecule has 1 aliphatic carbocycles. The van der Waals surface area contributed by atoms with E-state index in [0.29, 0.717) is 18.2 Å². The molecule has 2 unspecified atom stereocenters. The fourth-order valence-electron chi connectivity index (χ4n) is 2.86. The molecule has 1 saturated heterocycles. The standard InChI is InChI=1S/C17H25NO2/c1-18-17(11-10-14-3-2-12-19-14)13-4-6-15(7-5-13)20-16-8-9-16/h4-7,14,16-18H,2-3,8-12H2,1H3. The van der Waals surface area contributed by atoms with Crippen LogP contribution in [0.5, 0.6) is 5.75 Å². The van der Waals surface area contributed by atoms with Crippen molar-refractivity contribution in [2.24, 2.45) is 0 Å². The minimum Gasteiger partial charge on any atom is -0.490 e. The third kappa shape index (κ3) is 3.74. The van der Waals surface area contributed by atoms with E-state index in [0.717, 1.165) is 25.2 Å². The second-order valence-corrected chi connectivity index (χ2v) is 5.94. The fourth-order valence-corrected chi connectivity index (χ4v) is 2.86. The highest BCUT2D eigenvalue weighted by molar-refractivity contribution is 5.29. The Balaban J connectivity index is 1.53. The van der Waals surface area contributed by atoms with E-state index in [9.17, 15) is 0 Å². The van der Waals surface area contributed by atoms with Crippen LogP contribution in [0.2, 0.25) is 0 Å². The van der Waals surface area contributed by atoms with Crippen molar-refractivity contribution < 1.29 is 9.47 Å². The molecule has 0 aromatic heterocycles. The van der Waals surface area contributed by atoms with Crippen molar-refractivity contribution in [3.8, 4) is 5.75 Å². The third-order valence-electron chi connectivity index (χ3n) is 4.26. The summed E-state index contributed by atoms with van der Waals surface area (Å²) in [6, 6.07) is 8.99. The Bertz CT molecular complexity index is 408. The van der Waals surface area contributed by atoms with Gasteiger partial charge in [-0.2, -0.15) is 0 Å². The molecule has 2 atom stereocenters. The fraction of sp³-hybridized carbons (Fsp3) is 0.647. The van der Waals surface area contributed by atoms with Crippen LogP contribution in [0.15, 0.2) is 24.3 Å². The maximum atomic E-state index is 5.79. The number of benzene rings is 1. The van der Waals surface area contributed by atoms with Crippen molar-refractivity contribution >= 4 is 0 Å². The Hall–Kier alpha value is -1.06. The summed E-state index contributed by atoms with van der Waals surface area (Å²) in [5.41, 5.74) is 1.34. The van der Waals surface area contributed by atoms with E-state index < -0.39 is 0 Å². The number of nitrogens with one attached hydrogen (secondary N) is 1. The number of rotatable bonds is 7. The van der Waals surface area contributed by atoms with Crippen LogP contribution in [0.4, 0.5) is 0 Å². The first-order chi connectivity index (χ1) is 9.85. The largest absolute Gasteiger partial charge is 0.490 e. The first-order valence-corrected chi connectivity index (χ1v) is 7.90. The Kier molecular flexibility index (Phi) is 4.58. The van der Waals surface area contributed by atoms with Crippen LogP contribution in [0.1, 0.15) is 50.1 Å². The smallest absolute Gasteiger partial charge is 0.119 e. The van der Waals surface area contributed by atoms with Gasteiger partial charge in [0.1, 0.15) is 5.75 Å². The van der Waals surface area contributed by atoms with Gasteiger partial charge >= 0.3 is 0 Å². The second kappa shape index (κ2) is 6.59. The predicted molar refractivity (Wildman–Crippen MR) is 80.1 cm³/mol. The van der Waals surface area contributed by atoms with Gasteiger partial charge in [0.05, 0.1) is 12.2 Å². The summed E-state index contributed by atoms with van der Waals surface area (Å²) in [4.78, 5) is 0. The van der Waals surface area contributed by atoms with E-state index in [-0.39, 0.29) is 0 Å². The zero-order valence-corrected chi connectivity index (χ0v) is 12.3. The summed E-state index contributed by atoms with van der Waals surface area (Å²) in [6.07, 6.45) is 8.09. The molecule has 2 fully saturated rings. The molecule has 1 N–H and O–H groups in total. The van der Waals surface area contributed by atoms with Gasteiger partial charge in [-0.1, -0.05) is 12.1 Å². The number of hydrogen-bond donors (Lipinski definition) is 1. The van der Waals surface area contributed by atoms with Gasteiger partial charge in [0.25, 0.3) is 0 Å². The minimum absolute atomic E-state index is 0.411. The molecule has 1 aromatic rings. The molecule has 0 amide bonds. The molecule has 110 valence electrons. The number of ether oxygens (including phenoxy) is 2. The molecular formula is C17H25NO2. The van der Waals surface area contributed by atoms with Crippen LogP contribution in [-0.4, -0.2) is 25.9 Å². The van der Waals surface area contributed by atoms with E-state index in [2.05, 4.69) is 29.6 Å². The Labute approximate surface area is 121 Å². The molecule has 1 aromatic carbocycles. The van der Waals surface area contributed by atoms with Crippen molar-refractivity contribution in [2.45, 2.75) is 56.8 Å². The van der Waals surface area contributed by atoms with E-state index in [1.54, 1.807) is 0 Å². The quantitative estimate of drug-likeness (QED) is 0.827. The van der Waals surface area contributed by atoms with Gasteiger partial charge < -0.3 is 14.8 Å². The summed E-state index contributed by atoms with van der Waals surface area (Å²) < 4.78 is 11.5. The highest BCUT2D eigenvalue weighted by Gasteiger charge is 2.23. The molecule has 1 saturated carbocycles. The topological polar surface area (TPSA) is 30.5 Å². The van der Waals surface area contributed by atoms with Gasteiger partial charge in [-0.05, 0) is 63.3 Å². The van der Waals surface area contributed by atoms with Crippen LogP contribution in [0.25, 0.3) is 0 Å². The molecule has 1 aliphatic heterocycles. The van der Waals surface area contributed by atoms with Crippen LogP contribution < -0.4 is 10.1 Å². The van der Waals surface area contributed by atoms with E-state index in [4.69, 9.17) is 9.47 Å². The lowest BCUT2D eigenvalue weighted by atomic mass is 9.99. The monoisotopic (exact) mass is 275 g/mol. The van der Waals surface area contributed by atoms with Crippen LogP contribution in [0, 0.1) is 0 Å². The van der Waals surface area contributed by atoms with Crippen LogP contribution in [0.3, 0.4) is 0 Å². The summed E-state index contributed by atoms with van der Waals surface area (Å²) in [6.45, 7) is 0.947. The van der Waals surface area contributed by atoms with Gasteiger partial charge in [-0.3, -0.25) is 0 Å². The highest BCUT2D eigenvalue weighted by atomic mass is 16.5. The normalized spacial score (nSPS) is 23.8. The first kappa shape index (κ1) is 13.9. The zero-order valence-electron chi connectivity index (χ0n) is 12.3. The van der Waals surface area contributed by atoms with Crippen molar-refractivity contribution in [1.82, 2.24) is 5.32 Å². The van der Waals surface area contributed by atoms with Crippen molar-refractivity contribution in [3.05, 3.63) is 29.8 Å². The molecule has 3 rings (SSSR count). The SMILES string of the molecule is CNC(CCC1CCCO1)c1ccc(OC2CC2)cc1. The van der Waals surface area contributed by atoms with Crippen molar-refractivity contribution in [1.29, 1.82) is 0 Å². The molecule has 0 spiro atoms. The molecule has 0 radical (unpaired) electrons. The minimum atomic E-state index is 0.411. The highest BCUT2D eigenvalue weighted by Crippen LogP contribution is 2.29. The van der Waals surface area contributed by atoms with E-state index in [1.807, 2.05) is 7.05 Å². The second-order valence-electron chi connectivity index (χ2n) is 5.94. The molecular weight excluding hydrogens is 250 g/mol. The van der Waals surface area contributed by atoms with Crippen LogP contribution in [-0.2, 0) is 4.74 Å². The Morgan fingerprint density at radius 3 is 2.65 bits per heavy atom. The first-order valence-electron chi connectivity index (χ1n) is 7.90. The van der Waals surface area contributed by atoms with Gasteiger partial charge in [-0.25, -0.2) is 0 Å². The summed E-state index contributed by atoms with van der Waals surface area (Å²) in [5.74, 6) is 1.00. The average molecular weight is 275 g/mol. The van der Waals surface area contributed by atoms with Gasteiger partial charge in [0.2, 0.25) is 0 Å². The molecule has 0 bridgehead atoms. The Morgan fingerprint density at radius 1 is 1.25 bits per heavy atom. The van der Waals surface area contributed by atoms with E-state index in [1.165, 1.54) is 31.2 Å². The predicted octanol–water partition coefficient (Wildman–Crippen LogP) is 3.45. The maximum absolute atomic E-state index is 5.79. The lowest BCUT2D eigenvalue weighted by Gasteiger charge is -2.19. The van der Waals surface area contributed by atoms with E-state index >= 15 is 0 Å². The number of hydrogen-bond acceptors (Lipinski definition) is 3. The van der Waals surface area contributed by atoms with Gasteiger partial charge in [0, 0.05) is 12.6 Å². The summed E-state index contributed by atoms with van der Waals surface area (Å²) in [5, 5.41) is 3.42. The lowest BCUT2D eigenvalue weighted by Crippen LogP contribution is -2.18. The van der Waals surface area contributed by atoms with Crippen molar-refractivity contribution in [3.63, 3.8) is 0 Å². The zero-order chi connectivity index (χ0) is 13.8. The average Bonchev–Trinajstić information content (AvgIpc) is 3.14. The van der Waals surface area contributed by atoms with Crippen molar-refractivity contribution in [2.75, 3.05) is 13.7 Å². The van der Waals surface area contributed by atoms with Crippen LogP contribution >= 0.6 is 0 Å². The molecule has 3 nitrogen and oxygen atoms in total. The molecule has 3 heteroatoms.